The van der Waals surface area contributed by atoms with Crippen molar-refractivity contribution in [1.82, 2.24) is 4.98 Å². The SMILES string of the molecule is COC(=O)c1nc2c(NC(=O)OC(C)(C)C)cccc2s1. The minimum atomic E-state index is -0.586. The number of nitrogens with one attached hydrogen (secondary N) is 1. The van der Waals surface area contributed by atoms with Crippen molar-refractivity contribution in [2.24, 2.45) is 0 Å². The number of carbonyl (C=O) groups excluding carboxylic acids is 2. The van der Waals surface area contributed by atoms with Crippen molar-refractivity contribution < 1.29 is 19.1 Å². The molecule has 112 valence electrons. The van der Waals surface area contributed by atoms with Crippen LogP contribution >= 0.6 is 11.3 Å². The van der Waals surface area contributed by atoms with E-state index in [1.54, 1.807) is 32.9 Å². The van der Waals surface area contributed by atoms with Gasteiger partial charge in [0.1, 0.15) is 11.1 Å². The molecule has 0 bridgehead atoms. The zero-order valence-electron chi connectivity index (χ0n) is 12.2. The van der Waals surface area contributed by atoms with Gasteiger partial charge in [0.15, 0.2) is 0 Å². The number of aromatic nitrogens is 1. The lowest BCUT2D eigenvalue weighted by atomic mass is 10.2. The summed E-state index contributed by atoms with van der Waals surface area (Å²) in [5.41, 5.74) is 0.443. The Bertz CT molecular complexity index is 688. The molecule has 0 spiro atoms. The molecule has 21 heavy (non-hydrogen) atoms. The van der Waals surface area contributed by atoms with Gasteiger partial charge in [0.2, 0.25) is 5.01 Å². The number of hydrogen-bond donors (Lipinski definition) is 1. The summed E-state index contributed by atoms with van der Waals surface area (Å²) in [6, 6.07) is 5.29. The molecule has 2 aromatic rings. The molecule has 1 amide bonds. The lowest BCUT2D eigenvalue weighted by molar-refractivity contribution is 0.0598. The van der Waals surface area contributed by atoms with E-state index in [2.05, 4.69) is 15.0 Å². The fourth-order valence-corrected chi connectivity index (χ4v) is 2.55. The smallest absolute Gasteiger partial charge is 0.412 e. The molecule has 1 heterocycles. The molecule has 1 N–H and O–H groups in total. The van der Waals surface area contributed by atoms with Gasteiger partial charge in [0.25, 0.3) is 0 Å². The fraction of sp³-hybridized carbons (Fsp3) is 0.357. The first-order valence-electron chi connectivity index (χ1n) is 6.28. The molecule has 1 aromatic carbocycles. The number of benzene rings is 1. The molecule has 0 aliphatic carbocycles. The van der Waals surface area contributed by atoms with Gasteiger partial charge in [-0.25, -0.2) is 14.6 Å². The highest BCUT2D eigenvalue weighted by Crippen LogP contribution is 2.28. The summed E-state index contributed by atoms with van der Waals surface area (Å²) in [5.74, 6) is -0.501. The topological polar surface area (TPSA) is 77.5 Å². The van der Waals surface area contributed by atoms with Crippen molar-refractivity contribution in [2.45, 2.75) is 26.4 Å². The Morgan fingerprint density at radius 1 is 1.29 bits per heavy atom. The summed E-state index contributed by atoms with van der Waals surface area (Å²) in [6.45, 7) is 5.35. The molecule has 0 aliphatic rings. The van der Waals surface area contributed by atoms with Gasteiger partial charge in [0, 0.05) is 0 Å². The minimum absolute atomic E-state index is 0.242. The number of anilines is 1. The molecular formula is C14H16N2O4S. The number of thiazole rings is 1. The molecule has 0 fully saturated rings. The maximum absolute atomic E-state index is 11.8. The third-order valence-corrected chi connectivity index (χ3v) is 3.42. The van der Waals surface area contributed by atoms with E-state index < -0.39 is 17.7 Å². The Morgan fingerprint density at radius 2 is 2.00 bits per heavy atom. The Balaban J connectivity index is 2.30. The second kappa shape index (κ2) is 5.69. The van der Waals surface area contributed by atoms with Gasteiger partial charge in [0.05, 0.1) is 17.5 Å². The number of fused-ring (bicyclic) bond motifs is 1. The minimum Gasteiger partial charge on any atom is -0.464 e. The van der Waals surface area contributed by atoms with Crippen LogP contribution in [0.1, 0.15) is 30.6 Å². The van der Waals surface area contributed by atoms with Crippen molar-refractivity contribution >= 4 is 39.3 Å². The monoisotopic (exact) mass is 308 g/mol. The van der Waals surface area contributed by atoms with E-state index in [-0.39, 0.29) is 5.01 Å². The molecule has 0 unspecified atom stereocenters. The van der Waals surface area contributed by atoms with Crippen LogP contribution < -0.4 is 5.32 Å². The van der Waals surface area contributed by atoms with Crippen LogP contribution in [0.15, 0.2) is 18.2 Å². The zero-order valence-corrected chi connectivity index (χ0v) is 13.0. The average Bonchev–Trinajstić information content (AvgIpc) is 2.80. The third-order valence-electron chi connectivity index (χ3n) is 2.41. The lowest BCUT2D eigenvalue weighted by Gasteiger charge is -2.19. The summed E-state index contributed by atoms with van der Waals surface area (Å²) < 4.78 is 10.6. The first-order valence-corrected chi connectivity index (χ1v) is 7.09. The van der Waals surface area contributed by atoms with E-state index in [1.807, 2.05) is 6.07 Å². The molecule has 0 aliphatic heterocycles. The van der Waals surface area contributed by atoms with E-state index in [4.69, 9.17) is 4.74 Å². The maximum Gasteiger partial charge on any atom is 0.412 e. The van der Waals surface area contributed by atoms with Crippen molar-refractivity contribution in [3.8, 4) is 0 Å². The Labute approximate surface area is 126 Å². The van der Waals surface area contributed by atoms with Gasteiger partial charge in [-0.2, -0.15) is 0 Å². The molecule has 0 radical (unpaired) electrons. The normalized spacial score (nSPS) is 11.2. The number of nitrogens with zero attached hydrogens (tertiary/aromatic N) is 1. The van der Waals surface area contributed by atoms with Gasteiger partial charge in [-0.3, -0.25) is 5.32 Å². The van der Waals surface area contributed by atoms with E-state index in [0.29, 0.717) is 11.2 Å². The highest BCUT2D eigenvalue weighted by molar-refractivity contribution is 7.20. The van der Waals surface area contributed by atoms with Crippen molar-refractivity contribution in [3.05, 3.63) is 23.2 Å². The summed E-state index contributed by atoms with van der Waals surface area (Å²) in [6.07, 6.45) is -0.567. The number of amides is 1. The van der Waals surface area contributed by atoms with Gasteiger partial charge in [-0.05, 0) is 32.9 Å². The van der Waals surface area contributed by atoms with Crippen LogP contribution in [-0.4, -0.2) is 29.8 Å². The number of ether oxygens (including phenoxy) is 2. The quantitative estimate of drug-likeness (QED) is 0.860. The number of methoxy groups -OCH3 is 1. The van der Waals surface area contributed by atoms with Crippen LogP contribution in [0.5, 0.6) is 0 Å². The molecular weight excluding hydrogens is 292 g/mol. The molecule has 0 saturated heterocycles. The number of para-hydroxylation sites is 1. The molecule has 7 heteroatoms. The number of rotatable bonds is 2. The zero-order chi connectivity index (χ0) is 15.6. The fourth-order valence-electron chi connectivity index (χ4n) is 1.64. The van der Waals surface area contributed by atoms with Crippen LogP contribution in [0.3, 0.4) is 0 Å². The molecule has 0 saturated carbocycles. The lowest BCUT2D eigenvalue weighted by Crippen LogP contribution is -2.27. The highest BCUT2D eigenvalue weighted by Gasteiger charge is 2.19. The largest absolute Gasteiger partial charge is 0.464 e. The van der Waals surface area contributed by atoms with Crippen molar-refractivity contribution in [3.63, 3.8) is 0 Å². The summed E-state index contributed by atoms with van der Waals surface area (Å²) in [7, 11) is 1.30. The van der Waals surface area contributed by atoms with Crippen LogP contribution in [-0.2, 0) is 9.47 Å². The molecule has 6 nitrogen and oxygen atoms in total. The Kier molecular flexibility index (Phi) is 4.13. The number of carbonyl (C=O) groups is 2. The van der Waals surface area contributed by atoms with Crippen molar-refractivity contribution in [1.29, 1.82) is 0 Å². The predicted octanol–water partition coefficient (Wildman–Crippen LogP) is 3.43. The number of hydrogen-bond acceptors (Lipinski definition) is 6. The van der Waals surface area contributed by atoms with Crippen LogP contribution in [0, 0.1) is 0 Å². The van der Waals surface area contributed by atoms with Crippen molar-refractivity contribution in [2.75, 3.05) is 12.4 Å². The highest BCUT2D eigenvalue weighted by atomic mass is 32.1. The predicted molar refractivity (Wildman–Crippen MR) is 80.8 cm³/mol. The average molecular weight is 308 g/mol. The van der Waals surface area contributed by atoms with E-state index >= 15 is 0 Å². The summed E-state index contributed by atoms with van der Waals surface area (Å²) in [4.78, 5) is 27.5. The first-order chi connectivity index (χ1) is 9.80. The van der Waals surface area contributed by atoms with E-state index in [1.165, 1.54) is 18.4 Å². The second-order valence-electron chi connectivity index (χ2n) is 5.29. The standard InChI is InChI=1S/C14H16N2O4S/c1-14(2,3)20-13(18)15-8-6-5-7-9-10(8)16-11(21-9)12(17)19-4/h5-7H,1-4H3,(H,15,18). The van der Waals surface area contributed by atoms with Gasteiger partial charge in [-0.1, -0.05) is 6.07 Å². The molecule has 2 rings (SSSR count). The summed E-state index contributed by atoms with van der Waals surface area (Å²) in [5, 5.41) is 2.88. The third kappa shape index (κ3) is 3.69. The van der Waals surface area contributed by atoms with Gasteiger partial charge >= 0.3 is 12.1 Å². The van der Waals surface area contributed by atoms with Crippen LogP contribution in [0.2, 0.25) is 0 Å². The van der Waals surface area contributed by atoms with Crippen LogP contribution in [0.4, 0.5) is 10.5 Å². The van der Waals surface area contributed by atoms with Gasteiger partial charge < -0.3 is 9.47 Å². The van der Waals surface area contributed by atoms with Gasteiger partial charge in [-0.15, -0.1) is 11.3 Å². The molecule has 1 aromatic heterocycles. The molecule has 0 atom stereocenters. The Hall–Kier alpha value is -2.15. The first kappa shape index (κ1) is 15.2. The van der Waals surface area contributed by atoms with Crippen LogP contribution in [0.25, 0.3) is 10.2 Å². The maximum atomic E-state index is 11.8. The number of esters is 1. The van der Waals surface area contributed by atoms with E-state index in [9.17, 15) is 9.59 Å². The van der Waals surface area contributed by atoms with E-state index in [0.717, 1.165) is 4.70 Å². The Morgan fingerprint density at radius 3 is 2.62 bits per heavy atom. The second-order valence-corrected chi connectivity index (χ2v) is 6.32. The summed E-state index contributed by atoms with van der Waals surface area (Å²) >= 11 is 1.21.